The zero-order valence-electron chi connectivity index (χ0n) is 9.62. The Kier molecular flexibility index (Phi) is 5.04. The summed E-state index contributed by atoms with van der Waals surface area (Å²) in [5, 5.41) is 1.41. The van der Waals surface area contributed by atoms with Crippen molar-refractivity contribution in [3.8, 4) is 0 Å². The van der Waals surface area contributed by atoms with Crippen LogP contribution in [0.15, 0.2) is 40.6 Å². The third-order valence-electron chi connectivity index (χ3n) is 1.85. The molecule has 1 rings (SSSR count). The predicted octanol–water partition coefficient (Wildman–Crippen LogP) is 1.59. The average Bonchev–Trinajstić information content (AvgIpc) is 2.24. The molecule has 1 aromatic carbocycles. The molecule has 0 saturated carbocycles. The van der Waals surface area contributed by atoms with E-state index in [1.54, 1.807) is 12.1 Å². The average molecular weight is 274 g/mol. The van der Waals surface area contributed by atoms with E-state index in [0.29, 0.717) is 4.90 Å². The highest BCUT2D eigenvalue weighted by Gasteiger charge is 2.00. The van der Waals surface area contributed by atoms with Crippen molar-refractivity contribution in [2.24, 2.45) is 0 Å². The largest absolute Gasteiger partial charge is 0.266 e. The lowest BCUT2D eigenvalue weighted by Crippen LogP contribution is -2.02. The molecule has 0 aliphatic carbocycles. The molecule has 6 heteroatoms. The summed E-state index contributed by atoms with van der Waals surface area (Å²) < 4.78 is 37.5. The van der Waals surface area contributed by atoms with Gasteiger partial charge in [-0.3, -0.25) is 4.18 Å². The maximum atomic E-state index is 11.7. The van der Waals surface area contributed by atoms with Crippen LogP contribution in [0.5, 0.6) is 0 Å². The molecule has 0 amide bonds. The molecule has 0 aromatic heterocycles. The van der Waals surface area contributed by atoms with Crippen molar-refractivity contribution in [1.82, 2.24) is 0 Å². The van der Waals surface area contributed by atoms with Gasteiger partial charge in [0.25, 0.3) is 10.1 Å². The summed E-state index contributed by atoms with van der Waals surface area (Å²) >= 11 is 0. The molecule has 0 N–H and O–H groups in total. The lowest BCUT2D eigenvalue weighted by molar-refractivity contribution is 0.362. The molecule has 0 spiro atoms. The molecule has 0 radical (unpaired) electrons. The first-order valence-electron chi connectivity index (χ1n) is 4.87. The summed E-state index contributed by atoms with van der Waals surface area (Å²) in [6.07, 6.45) is 2.40. The minimum absolute atomic E-state index is 0.101. The number of hydrogen-bond donors (Lipinski definition) is 0. The molecule has 1 atom stereocenters. The Morgan fingerprint density at radius 1 is 1.29 bits per heavy atom. The van der Waals surface area contributed by atoms with Crippen LogP contribution in [0, 0.1) is 6.92 Å². The highest BCUT2D eigenvalue weighted by molar-refractivity contribution is 7.88. The van der Waals surface area contributed by atoms with E-state index in [1.165, 1.54) is 11.5 Å². The maximum absolute atomic E-state index is 11.7. The fraction of sp³-hybridized carbons (Fsp3) is 0.273. The van der Waals surface area contributed by atoms with Crippen molar-refractivity contribution < 1.29 is 16.8 Å². The Morgan fingerprint density at radius 3 is 2.41 bits per heavy atom. The maximum Gasteiger partial charge on any atom is 0.264 e. The van der Waals surface area contributed by atoms with Gasteiger partial charge in [-0.05, 0) is 25.1 Å². The van der Waals surface area contributed by atoms with Gasteiger partial charge >= 0.3 is 0 Å². The van der Waals surface area contributed by atoms with Crippen LogP contribution < -0.4 is 0 Å². The van der Waals surface area contributed by atoms with E-state index in [1.807, 2.05) is 19.1 Å². The normalized spacial score (nSPS) is 14.0. The molecule has 0 aliphatic rings. The Morgan fingerprint density at radius 2 is 1.88 bits per heavy atom. The van der Waals surface area contributed by atoms with Crippen molar-refractivity contribution >= 4 is 20.9 Å². The van der Waals surface area contributed by atoms with Crippen LogP contribution in [0.2, 0.25) is 0 Å². The molecule has 0 aliphatic heterocycles. The summed E-state index contributed by atoms with van der Waals surface area (Å²) in [7, 11) is -4.72. The van der Waals surface area contributed by atoms with Gasteiger partial charge in [-0.15, -0.1) is 0 Å². The van der Waals surface area contributed by atoms with Crippen molar-refractivity contribution in [2.75, 3.05) is 12.9 Å². The molecular weight excluding hydrogens is 260 g/mol. The minimum Gasteiger partial charge on any atom is -0.266 e. The number of benzene rings is 1. The highest BCUT2D eigenvalue weighted by atomic mass is 32.2. The second-order valence-corrected chi connectivity index (χ2v) is 6.45. The monoisotopic (exact) mass is 274 g/mol. The molecule has 1 aromatic rings. The molecular formula is C11H14O4S2. The van der Waals surface area contributed by atoms with E-state index in [-0.39, 0.29) is 6.61 Å². The number of rotatable bonds is 5. The van der Waals surface area contributed by atoms with E-state index in [2.05, 4.69) is 4.18 Å². The third-order valence-corrected chi connectivity index (χ3v) is 3.59. The quantitative estimate of drug-likeness (QED) is 0.765. The molecule has 17 heavy (non-hydrogen) atoms. The first-order valence-corrected chi connectivity index (χ1v) is 7.90. The summed E-state index contributed by atoms with van der Waals surface area (Å²) in [6.45, 7) is 1.85. The topological polar surface area (TPSA) is 60.4 Å². The van der Waals surface area contributed by atoms with Gasteiger partial charge in [-0.2, -0.15) is 8.42 Å². The SMILES string of the molecule is Cc1ccc([S@](=O)/C=C/COS(C)(=O)=O)cc1. The highest BCUT2D eigenvalue weighted by Crippen LogP contribution is 2.09. The van der Waals surface area contributed by atoms with Crippen molar-refractivity contribution in [2.45, 2.75) is 11.8 Å². The van der Waals surface area contributed by atoms with Crippen LogP contribution in [0.4, 0.5) is 0 Å². The summed E-state index contributed by atoms with van der Waals surface area (Å²) in [6, 6.07) is 7.28. The van der Waals surface area contributed by atoms with Crippen LogP contribution in [-0.4, -0.2) is 25.5 Å². The van der Waals surface area contributed by atoms with E-state index >= 15 is 0 Å². The van der Waals surface area contributed by atoms with Crippen molar-refractivity contribution in [3.05, 3.63) is 41.3 Å². The zero-order chi connectivity index (χ0) is 12.9. The van der Waals surface area contributed by atoms with Gasteiger partial charge < -0.3 is 0 Å². The second kappa shape index (κ2) is 6.09. The van der Waals surface area contributed by atoms with Crippen LogP contribution in [0.1, 0.15) is 5.56 Å². The molecule has 4 nitrogen and oxygen atoms in total. The van der Waals surface area contributed by atoms with Crippen molar-refractivity contribution in [1.29, 1.82) is 0 Å². The van der Waals surface area contributed by atoms with E-state index in [0.717, 1.165) is 11.8 Å². The Balaban J connectivity index is 2.55. The predicted molar refractivity (Wildman–Crippen MR) is 67.5 cm³/mol. The van der Waals surface area contributed by atoms with Crippen molar-refractivity contribution in [3.63, 3.8) is 0 Å². The Hall–Kier alpha value is -0.980. The van der Waals surface area contributed by atoms with Gasteiger partial charge in [-0.25, -0.2) is 4.21 Å². The van der Waals surface area contributed by atoms with Crippen LogP contribution in [0.3, 0.4) is 0 Å². The smallest absolute Gasteiger partial charge is 0.264 e. The Bertz CT molecular complexity index is 515. The first-order chi connectivity index (χ1) is 7.88. The van der Waals surface area contributed by atoms with Crippen LogP contribution in [-0.2, 0) is 25.1 Å². The molecule has 0 saturated heterocycles. The zero-order valence-corrected chi connectivity index (χ0v) is 11.3. The van der Waals surface area contributed by atoms with Crippen LogP contribution in [0.25, 0.3) is 0 Å². The summed E-state index contributed by atoms with van der Waals surface area (Å²) in [5.74, 6) is 0. The number of hydrogen-bond acceptors (Lipinski definition) is 4. The molecule has 0 unspecified atom stereocenters. The standard InChI is InChI=1S/C11H14O4S2/c1-10-4-6-11(7-5-10)16(12)9-3-8-15-17(2,13)14/h3-7,9H,8H2,1-2H3/b9-3+/t16-/m1/s1. The fourth-order valence-corrected chi connectivity index (χ4v) is 2.18. The third kappa shape index (κ3) is 5.76. The first kappa shape index (κ1) is 14.1. The summed E-state index contributed by atoms with van der Waals surface area (Å²) in [4.78, 5) is 0.672. The minimum atomic E-state index is -3.44. The molecule has 94 valence electrons. The number of aryl methyl sites for hydroxylation is 1. The van der Waals surface area contributed by atoms with Gasteiger partial charge in [0.2, 0.25) is 0 Å². The van der Waals surface area contributed by atoms with E-state index in [9.17, 15) is 12.6 Å². The van der Waals surface area contributed by atoms with Gasteiger partial charge in [0.15, 0.2) is 0 Å². The van der Waals surface area contributed by atoms with Gasteiger partial charge in [0.1, 0.15) is 0 Å². The van der Waals surface area contributed by atoms with Crippen LogP contribution >= 0.6 is 0 Å². The second-order valence-electron chi connectivity index (χ2n) is 3.47. The molecule has 0 fully saturated rings. The van der Waals surface area contributed by atoms with Gasteiger partial charge in [0.05, 0.1) is 23.7 Å². The van der Waals surface area contributed by atoms with Gasteiger partial charge in [-0.1, -0.05) is 17.7 Å². The lowest BCUT2D eigenvalue weighted by Gasteiger charge is -1.98. The Labute approximate surface area is 104 Å². The van der Waals surface area contributed by atoms with E-state index < -0.39 is 20.9 Å². The fourth-order valence-electron chi connectivity index (χ4n) is 1.04. The van der Waals surface area contributed by atoms with E-state index in [4.69, 9.17) is 0 Å². The molecule has 0 bridgehead atoms. The molecule has 0 heterocycles. The lowest BCUT2D eigenvalue weighted by atomic mass is 10.2. The summed E-state index contributed by atoms with van der Waals surface area (Å²) in [5.41, 5.74) is 1.09. The van der Waals surface area contributed by atoms with Gasteiger partial charge in [0, 0.05) is 10.3 Å².